The number of nitrogens with zero attached hydrogens (tertiary/aromatic N) is 5. The Morgan fingerprint density at radius 3 is 2.73 bits per heavy atom. The average Bonchev–Trinajstić information content (AvgIpc) is 3.60. The molecule has 0 aliphatic carbocycles. The number of carbonyl (C=O) groups excluding carboxylic acids is 2. The van der Waals surface area contributed by atoms with Crippen molar-refractivity contribution in [3.8, 4) is 16.9 Å². The second-order valence-electron chi connectivity index (χ2n) is 11.7. The number of aromatic nitrogens is 3. The summed E-state index contributed by atoms with van der Waals surface area (Å²) in [5.41, 5.74) is 12.3. The Morgan fingerprint density at radius 2 is 2.12 bits per heavy atom. The van der Waals surface area contributed by atoms with Gasteiger partial charge in [0.05, 0.1) is 23.8 Å². The quantitative estimate of drug-likeness (QED) is 0.0338. The predicted molar refractivity (Wildman–Crippen MR) is 179 cm³/mol. The number of oxime groups is 1. The van der Waals surface area contributed by atoms with Gasteiger partial charge in [0.2, 0.25) is 10.4 Å². The lowest BCUT2D eigenvalue weighted by atomic mass is 9.84. The Hall–Kier alpha value is -3.90. The summed E-state index contributed by atoms with van der Waals surface area (Å²) in [7, 11) is -3.30. The Labute approximate surface area is 298 Å². The van der Waals surface area contributed by atoms with Crippen LogP contribution in [0, 0.1) is 3.70 Å². The van der Waals surface area contributed by atoms with Crippen LogP contribution in [-0.2, 0) is 53.9 Å². The highest BCUT2D eigenvalue weighted by atomic mass is 127. The first-order chi connectivity index (χ1) is 23.0. The number of aliphatic carboxylic acids is 1. The van der Waals surface area contributed by atoms with Crippen molar-refractivity contribution in [3.05, 3.63) is 44.7 Å². The number of ether oxygens (including phenoxy) is 1. The van der Waals surface area contributed by atoms with Crippen LogP contribution in [0.5, 0.6) is 5.75 Å². The first kappa shape index (κ1) is 36.4. The van der Waals surface area contributed by atoms with Gasteiger partial charge in [0, 0.05) is 28.0 Å². The van der Waals surface area contributed by atoms with Crippen molar-refractivity contribution in [1.82, 2.24) is 20.0 Å². The van der Waals surface area contributed by atoms with Gasteiger partial charge in [0.15, 0.2) is 17.9 Å². The number of benzene rings is 1. The Balaban J connectivity index is 1.34. The summed E-state index contributed by atoms with van der Waals surface area (Å²) in [6.45, 7) is 4.05. The van der Waals surface area contributed by atoms with Gasteiger partial charge in [0.1, 0.15) is 23.6 Å². The third-order valence-electron chi connectivity index (χ3n) is 8.05. The van der Waals surface area contributed by atoms with Crippen LogP contribution in [0.1, 0.15) is 37.9 Å². The molecule has 3 aromatic rings. The van der Waals surface area contributed by atoms with Crippen LogP contribution in [0.25, 0.3) is 11.1 Å². The predicted octanol–water partition coefficient (Wildman–Crippen LogP) is 0.0368. The Kier molecular flexibility index (Phi) is 10.5. The van der Waals surface area contributed by atoms with E-state index in [0.717, 1.165) is 44.7 Å². The third kappa shape index (κ3) is 7.65. The number of amides is 2. The average molecular weight is 833 g/mol. The summed E-state index contributed by atoms with van der Waals surface area (Å²) in [6, 6.07) is 4.31. The van der Waals surface area contributed by atoms with Gasteiger partial charge in [0.25, 0.3) is 21.6 Å². The van der Waals surface area contributed by atoms with Crippen molar-refractivity contribution in [2.75, 3.05) is 12.3 Å². The number of thiazole rings is 1. The highest BCUT2D eigenvalue weighted by Crippen LogP contribution is 2.35. The molecule has 0 saturated carbocycles. The number of hydroxylamine groups is 2. The summed E-state index contributed by atoms with van der Waals surface area (Å²) in [5.74, 6) is -2.98. The van der Waals surface area contributed by atoms with Gasteiger partial charge in [-0.25, -0.2) is 18.2 Å². The lowest BCUT2D eigenvalue weighted by Gasteiger charge is -2.51. The van der Waals surface area contributed by atoms with E-state index in [1.54, 1.807) is 6.07 Å². The van der Waals surface area contributed by atoms with E-state index in [-0.39, 0.29) is 17.2 Å². The summed E-state index contributed by atoms with van der Waals surface area (Å²) >= 11 is 3.26. The number of nitrogen functional groups attached to an aromatic ring is 1. The van der Waals surface area contributed by atoms with Crippen LogP contribution >= 0.6 is 33.9 Å². The zero-order chi connectivity index (χ0) is 35.8. The third-order valence-corrected chi connectivity index (χ3v) is 10.3. The van der Waals surface area contributed by atoms with Gasteiger partial charge < -0.3 is 36.0 Å². The van der Waals surface area contributed by atoms with Crippen LogP contribution in [0.4, 0.5) is 5.13 Å². The molecule has 5 rings (SSSR count). The van der Waals surface area contributed by atoms with Crippen LogP contribution in [0.2, 0.25) is 0 Å². The summed E-state index contributed by atoms with van der Waals surface area (Å²) < 4.78 is 48.6. The number of anilines is 1. The number of aryl methyl sites for hydroxylation is 2. The van der Waals surface area contributed by atoms with Gasteiger partial charge in [-0.3, -0.25) is 9.59 Å². The lowest BCUT2D eigenvalue weighted by molar-refractivity contribution is -0.764. The molecule has 0 radical (unpaired) electrons. The Bertz CT molecular complexity index is 1930. The number of rotatable bonds is 13. The van der Waals surface area contributed by atoms with E-state index in [1.165, 1.54) is 19.2 Å². The molecule has 0 spiro atoms. The van der Waals surface area contributed by atoms with E-state index >= 15 is 0 Å². The molecule has 0 bridgehead atoms. The number of carboxylic acids is 1. The number of carboxylic acid groups (broad SMARTS) is 1. The molecule has 1 aromatic carbocycles. The van der Waals surface area contributed by atoms with E-state index in [0.29, 0.717) is 23.8 Å². The summed E-state index contributed by atoms with van der Waals surface area (Å²) in [6.07, 6.45) is 0.961. The van der Waals surface area contributed by atoms with E-state index in [9.17, 15) is 32.5 Å². The van der Waals surface area contributed by atoms with Gasteiger partial charge in [-0.1, -0.05) is 11.2 Å². The molecule has 3 atom stereocenters. The molecule has 21 heteroatoms. The SMILES string of the molecule is C[n+]1c(I)c(-c2ccc3c(c2)CCC([C@H](O/N=C(\C(=O)NC2C(=O)N(OS(=O)(=O)[O-])C2(C)C)c2csc(N)n2)C(=O)O)O3)cn1CCCN. The van der Waals surface area contributed by atoms with E-state index in [1.807, 2.05) is 19.2 Å². The molecule has 6 N–H and O–H groups in total. The van der Waals surface area contributed by atoms with Crippen molar-refractivity contribution in [2.24, 2.45) is 17.9 Å². The summed E-state index contributed by atoms with van der Waals surface area (Å²) in [4.78, 5) is 47.8. The highest BCUT2D eigenvalue weighted by molar-refractivity contribution is 14.1. The fourth-order valence-electron chi connectivity index (χ4n) is 5.43. The highest BCUT2D eigenvalue weighted by Gasteiger charge is 2.57. The number of hydrogen-bond acceptors (Lipinski definition) is 14. The van der Waals surface area contributed by atoms with Gasteiger partial charge in [-0.2, -0.15) is 14.0 Å². The molecule has 2 aliphatic heterocycles. The molecule has 4 heterocycles. The maximum atomic E-state index is 13.4. The zero-order valence-electron chi connectivity index (χ0n) is 26.4. The smallest absolute Gasteiger partial charge is 0.351 e. The van der Waals surface area contributed by atoms with E-state index in [2.05, 4.69) is 57.9 Å². The molecule has 264 valence electrons. The number of nitrogens with one attached hydrogen (secondary N) is 1. The normalized spacial score (nSPS) is 19.4. The maximum absolute atomic E-state index is 13.4. The first-order valence-electron chi connectivity index (χ1n) is 14.7. The van der Waals surface area contributed by atoms with E-state index < -0.39 is 57.7 Å². The molecular weight excluding hydrogens is 799 g/mol. The molecule has 2 amide bonds. The Morgan fingerprint density at radius 1 is 1.39 bits per heavy atom. The van der Waals surface area contributed by atoms with Gasteiger partial charge in [-0.15, -0.1) is 16.0 Å². The topological polar surface area (TPSA) is 258 Å². The summed E-state index contributed by atoms with van der Waals surface area (Å²) in [5, 5.41) is 18.1. The molecule has 1 fully saturated rings. The lowest BCUT2D eigenvalue weighted by Crippen LogP contribution is -2.76. The van der Waals surface area contributed by atoms with Crippen LogP contribution in [0.3, 0.4) is 0 Å². The minimum Gasteiger partial charge on any atom is -0.724 e. The van der Waals surface area contributed by atoms with Crippen molar-refractivity contribution in [1.29, 1.82) is 0 Å². The standard InChI is InChI=1S/C28H33IN8O10S2/c1-28(2)22(25(39)37(28)47-49(42,43)44)33-24(38)20(17-13-48-27(31)32-17)34-46-21(26(40)41)19-8-6-15-11-14(5-7-18(15)45-19)16-12-36(10-4-9-30)35(3)23(16)29/h5,7,11-13,19,21-22H,4,6,8-10,30H2,1-3H3,(H4-,31,32,33,38,40,41,42,43,44)/b34-20-/t19?,21-,22?/m0/s1. The number of hydrogen-bond donors (Lipinski definition) is 4. The zero-order valence-corrected chi connectivity index (χ0v) is 30.2. The first-order valence-corrected chi connectivity index (χ1v) is 18.0. The number of halogens is 1. The monoisotopic (exact) mass is 832 g/mol. The molecule has 2 aliphatic rings. The molecule has 49 heavy (non-hydrogen) atoms. The van der Waals surface area contributed by atoms with Crippen molar-refractivity contribution >= 4 is 73.0 Å². The van der Waals surface area contributed by atoms with Crippen molar-refractivity contribution < 1.29 is 51.0 Å². The number of fused-ring (bicyclic) bond motifs is 1. The van der Waals surface area contributed by atoms with E-state index in [4.69, 9.17) is 21.0 Å². The second-order valence-corrected chi connectivity index (χ2v) is 14.6. The molecule has 2 aromatic heterocycles. The fraction of sp³-hybridized carbons (Fsp3) is 0.429. The van der Waals surface area contributed by atoms with Crippen LogP contribution < -0.4 is 26.2 Å². The molecular formula is C28H33IN8O10S2. The van der Waals surface area contributed by atoms with Crippen LogP contribution in [0.15, 0.2) is 34.9 Å². The number of β-lactam (4-membered cyclic amide) rings is 1. The molecule has 18 nitrogen and oxygen atoms in total. The fourth-order valence-corrected chi connectivity index (χ4v) is 7.15. The molecule has 1 saturated heterocycles. The number of nitrogens with two attached hydrogens (primary N) is 2. The largest absolute Gasteiger partial charge is 0.724 e. The number of carbonyl (C=O) groups is 3. The minimum absolute atomic E-state index is 0.0627. The van der Waals surface area contributed by atoms with Crippen molar-refractivity contribution in [2.45, 2.75) is 63.4 Å². The van der Waals surface area contributed by atoms with Crippen LogP contribution in [-0.4, -0.2) is 86.6 Å². The maximum Gasteiger partial charge on any atom is 0.351 e. The van der Waals surface area contributed by atoms with Gasteiger partial charge in [-0.05, 0) is 62.9 Å². The van der Waals surface area contributed by atoms with Gasteiger partial charge >= 0.3 is 5.97 Å². The molecule has 2 unspecified atom stereocenters. The van der Waals surface area contributed by atoms with Crippen molar-refractivity contribution in [3.63, 3.8) is 0 Å². The minimum atomic E-state index is -5.27. The second kappa shape index (κ2) is 14.1.